The first-order valence-electron chi connectivity index (χ1n) is 10.8. The van der Waals surface area contributed by atoms with Crippen molar-refractivity contribution in [2.45, 2.75) is 45.1 Å². The molecule has 1 saturated heterocycles. The Balaban J connectivity index is 1.30. The summed E-state index contributed by atoms with van der Waals surface area (Å²) in [5.74, 6) is 0.892. The maximum atomic E-state index is 6.26. The van der Waals surface area contributed by atoms with Gasteiger partial charge in [-0.1, -0.05) is 12.1 Å². The minimum atomic E-state index is -0.0267. The van der Waals surface area contributed by atoms with E-state index in [9.17, 15) is 0 Å². The number of rotatable bonds is 6. The number of hydrogen-bond donors (Lipinski definition) is 0. The van der Waals surface area contributed by atoms with Crippen molar-refractivity contribution < 1.29 is 14.2 Å². The highest BCUT2D eigenvalue weighted by Crippen LogP contribution is 2.37. The van der Waals surface area contributed by atoms with Gasteiger partial charge in [0.2, 0.25) is 0 Å². The summed E-state index contributed by atoms with van der Waals surface area (Å²) in [4.78, 5) is 6.72. The summed E-state index contributed by atoms with van der Waals surface area (Å²) in [6, 6.07) is 12.3. The van der Waals surface area contributed by atoms with Crippen LogP contribution in [0.25, 0.3) is 5.70 Å². The maximum Gasteiger partial charge on any atom is 0.149 e. The molecule has 30 heavy (non-hydrogen) atoms. The summed E-state index contributed by atoms with van der Waals surface area (Å²) in [6.07, 6.45) is 9.58. The van der Waals surface area contributed by atoms with Crippen molar-refractivity contribution >= 4 is 5.70 Å². The van der Waals surface area contributed by atoms with Crippen molar-refractivity contribution in [2.24, 2.45) is 0 Å². The van der Waals surface area contributed by atoms with E-state index in [2.05, 4.69) is 47.2 Å². The summed E-state index contributed by atoms with van der Waals surface area (Å²) in [6.45, 7) is 5.11. The lowest BCUT2D eigenvalue weighted by atomic mass is 9.91. The van der Waals surface area contributed by atoms with Crippen LogP contribution in [-0.2, 0) is 22.5 Å². The first-order chi connectivity index (χ1) is 14.8. The average Bonchev–Trinajstić information content (AvgIpc) is 3.31. The van der Waals surface area contributed by atoms with Gasteiger partial charge in [0.1, 0.15) is 18.6 Å². The third kappa shape index (κ3) is 4.00. The van der Waals surface area contributed by atoms with Crippen LogP contribution in [0, 0.1) is 0 Å². The summed E-state index contributed by atoms with van der Waals surface area (Å²) in [7, 11) is 0. The van der Waals surface area contributed by atoms with Crippen LogP contribution in [0.1, 0.15) is 36.6 Å². The van der Waals surface area contributed by atoms with Crippen LogP contribution in [-0.4, -0.2) is 42.0 Å². The molecule has 4 heterocycles. The Bertz CT molecular complexity index is 948. The Morgan fingerprint density at radius 3 is 3.03 bits per heavy atom. The van der Waals surface area contributed by atoms with E-state index in [1.807, 2.05) is 18.2 Å². The number of hydrogen-bond acceptors (Lipinski definition) is 5. The first kappa shape index (κ1) is 19.3. The van der Waals surface area contributed by atoms with E-state index in [4.69, 9.17) is 14.2 Å². The van der Waals surface area contributed by atoms with Gasteiger partial charge in [0, 0.05) is 30.6 Å². The Hall–Kier alpha value is -2.63. The number of ether oxygens (including phenoxy) is 3. The van der Waals surface area contributed by atoms with Gasteiger partial charge in [-0.3, -0.25) is 4.98 Å². The van der Waals surface area contributed by atoms with Crippen LogP contribution in [0.15, 0.2) is 60.3 Å². The van der Waals surface area contributed by atoms with Gasteiger partial charge in [0.25, 0.3) is 0 Å². The first-order valence-corrected chi connectivity index (χ1v) is 10.8. The van der Waals surface area contributed by atoms with Gasteiger partial charge in [-0.05, 0) is 73.7 Å². The van der Waals surface area contributed by atoms with Crippen molar-refractivity contribution in [3.63, 3.8) is 0 Å². The molecular weight excluding hydrogens is 376 g/mol. The molecule has 5 rings (SSSR count). The van der Waals surface area contributed by atoms with Crippen LogP contribution < -0.4 is 4.74 Å². The minimum absolute atomic E-state index is 0.0267. The van der Waals surface area contributed by atoms with E-state index in [0.717, 1.165) is 43.9 Å². The fourth-order valence-corrected chi connectivity index (χ4v) is 4.48. The molecule has 0 radical (unpaired) electrons. The molecule has 0 aliphatic carbocycles. The van der Waals surface area contributed by atoms with Gasteiger partial charge in [0.15, 0.2) is 0 Å². The van der Waals surface area contributed by atoms with Crippen LogP contribution in [0.3, 0.4) is 0 Å². The van der Waals surface area contributed by atoms with E-state index in [0.29, 0.717) is 13.2 Å². The molecule has 5 heteroatoms. The minimum Gasteiger partial charge on any atom is -0.487 e. The molecule has 0 N–H and O–H groups in total. The highest BCUT2D eigenvalue weighted by molar-refractivity contribution is 5.75. The van der Waals surface area contributed by atoms with E-state index < -0.39 is 0 Å². The second-order valence-electron chi connectivity index (χ2n) is 8.12. The summed E-state index contributed by atoms with van der Waals surface area (Å²) in [5.41, 5.74) is 6.08. The maximum absolute atomic E-state index is 6.26. The second-order valence-corrected chi connectivity index (χ2v) is 8.12. The summed E-state index contributed by atoms with van der Waals surface area (Å²) < 4.78 is 18.0. The van der Waals surface area contributed by atoms with Crippen LogP contribution in [0.4, 0.5) is 0 Å². The quantitative estimate of drug-likeness (QED) is 0.717. The predicted molar refractivity (Wildman–Crippen MR) is 116 cm³/mol. The molecule has 3 aliphatic rings. The molecule has 1 aromatic heterocycles. The normalized spacial score (nSPS) is 22.8. The molecule has 2 unspecified atom stereocenters. The number of pyridine rings is 1. The monoisotopic (exact) mass is 404 g/mol. The highest BCUT2D eigenvalue weighted by Gasteiger charge is 2.31. The molecule has 0 spiro atoms. The Kier molecular flexibility index (Phi) is 5.56. The molecule has 2 aromatic rings. The van der Waals surface area contributed by atoms with Crippen LogP contribution >= 0.6 is 0 Å². The van der Waals surface area contributed by atoms with Crippen molar-refractivity contribution in [3.8, 4) is 5.75 Å². The van der Waals surface area contributed by atoms with Crippen molar-refractivity contribution in [3.05, 3.63) is 77.1 Å². The molecule has 0 amide bonds. The zero-order chi connectivity index (χ0) is 20.3. The lowest BCUT2D eigenvalue weighted by molar-refractivity contribution is -0.0492. The van der Waals surface area contributed by atoms with Gasteiger partial charge in [-0.2, -0.15) is 0 Å². The summed E-state index contributed by atoms with van der Waals surface area (Å²) >= 11 is 0. The fraction of sp³-hybridized carbons (Fsp3) is 0.400. The molecule has 1 aromatic carbocycles. The standard InChI is InChI=1S/C25H28N2O3/c1-18-7-10-24(30-17-22-6-4-14-28-22)27-13-11-19-15-21(8-9-23(19)25(18)27)29-16-20-5-2-3-12-26-20/h2-3,5,7-10,12,15,22,24H,4,6,11,13-14,16-17H2,1H3. The smallest absolute Gasteiger partial charge is 0.149 e. The number of allylic oxidation sites excluding steroid dienone is 2. The van der Waals surface area contributed by atoms with Crippen LogP contribution in [0.2, 0.25) is 0 Å². The Morgan fingerprint density at radius 2 is 2.20 bits per heavy atom. The molecule has 2 atom stereocenters. The van der Waals surface area contributed by atoms with Crippen LogP contribution in [0.5, 0.6) is 5.75 Å². The van der Waals surface area contributed by atoms with E-state index >= 15 is 0 Å². The molecule has 3 aliphatic heterocycles. The SMILES string of the molecule is CC1=C2c3ccc(OCc4ccccn4)cc3CCN2C(OCC2CCCO2)C=C1. The van der Waals surface area contributed by atoms with Crippen molar-refractivity contribution in [1.82, 2.24) is 9.88 Å². The second kappa shape index (κ2) is 8.62. The highest BCUT2D eigenvalue weighted by atomic mass is 16.5. The number of benzene rings is 1. The molecule has 5 nitrogen and oxygen atoms in total. The lowest BCUT2D eigenvalue weighted by Crippen LogP contribution is -2.42. The predicted octanol–water partition coefficient (Wildman–Crippen LogP) is 4.34. The summed E-state index contributed by atoms with van der Waals surface area (Å²) in [5, 5.41) is 0. The average molecular weight is 405 g/mol. The van der Waals surface area contributed by atoms with Gasteiger partial charge < -0.3 is 19.1 Å². The van der Waals surface area contributed by atoms with Gasteiger partial charge in [0.05, 0.1) is 18.4 Å². The zero-order valence-electron chi connectivity index (χ0n) is 17.4. The zero-order valence-corrected chi connectivity index (χ0v) is 17.4. The van der Waals surface area contributed by atoms with Crippen molar-refractivity contribution in [1.29, 1.82) is 0 Å². The topological polar surface area (TPSA) is 43.8 Å². The van der Waals surface area contributed by atoms with Crippen molar-refractivity contribution in [2.75, 3.05) is 19.8 Å². The molecular formula is C25H28N2O3. The van der Waals surface area contributed by atoms with Gasteiger partial charge in [-0.15, -0.1) is 0 Å². The van der Waals surface area contributed by atoms with E-state index in [-0.39, 0.29) is 12.3 Å². The van der Waals surface area contributed by atoms with E-state index in [1.54, 1.807) is 6.20 Å². The lowest BCUT2D eigenvalue weighted by Gasteiger charge is -2.41. The Labute approximate surface area is 178 Å². The third-order valence-corrected chi connectivity index (χ3v) is 6.02. The van der Waals surface area contributed by atoms with Gasteiger partial charge >= 0.3 is 0 Å². The molecule has 0 bridgehead atoms. The molecule has 0 saturated carbocycles. The third-order valence-electron chi connectivity index (χ3n) is 6.02. The largest absolute Gasteiger partial charge is 0.487 e. The number of nitrogens with zero attached hydrogens (tertiary/aromatic N) is 2. The molecule has 1 fully saturated rings. The molecule has 156 valence electrons. The fourth-order valence-electron chi connectivity index (χ4n) is 4.48. The van der Waals surface area contributed by atoms with Gasteiger partial charge in [-0.25, -0.2) is 0 Å². The van der Waals surface area contributed by atoms with E-state index in [1.165, 1.54) is 22.4 Å². The Morgan fingerprint density at radius 1 is 1.23 bits per heavy atom. The number of aromatic nitrogens is 1. The number of fused-ring (bicyclic) bond motifs is 3.